The molecule has 1 aliphatic rings. The van der Waals surface area contributed by atoms with Gasteiger partial charge in [-0.1, -0.05) is 0 Å². The van der Waals surface area contributed by atoms with Crippen molar-refractivity contribution in [2.45, 2.75) is 52.0 Å². The first-order chi connectivity index (χ1) is 11.1. The van der Waals surface area contributed by atoms with Gasteiger partial charge in [-0.15, -0.1) is 0 Å². The van der Waals surface area contributed by atoms with Crippen molar-refractivity contribution in [1.29, 1.82) is 0 Å². The molecule has 1 unspecified atom stereocenters. The van der Waals surface area contributed by atoms with Gasteiger partial charge < -0.3 is 14.8 Å². The van der Waals surface area contributed by atoms with Gasteiger partial charge >= 0.3 is 0 Å². The molecule has 0 saturated carbocycles. The predicted molar refractivity (Wildman–Crippen MR) is 84.3 cm³/mol. The molecule has 8 nitrogen and oxygen atoms in total. The summed E-state index contributed by atoms with van der Waals surface area (Å²) in [5.41, 5.74) is 0. The number of nitrogens with one attached hydrogen (secondary N) is 1. The van der Waals surface area contributed by atoms with E-state index in [-0.39, 0.29) is 12.1 Å². The van der Waals surface area contributed by atoms with E-state index < -0.39 is 0 Å². The molecule has 0 radical (unpaired) electrons. The summed E-state index contributed by atoms with van der Waals surface area (Å²) in [6.45, 7) is 5.13. The average Bonchev–Trinajstić information content (AvgIpc) is 2.89. The standard InChI is InChI=1S/C15H22N6O2/c1-10(2)23-15-7-16-6-12(19-15)17-11-4-5-14-18-13(9-22-3)20-21(14)8-11/h6-7,10-11H,4-5,8-9H2,1-3H3,(H,17,19). The molecule has 1 N–H and O–H groups in total. The normalized spacial score (nSPS) is 17.1. The molecule has 124 valence electrons. The van der Waals surface area contributed by atoms with E-state index in [1.807, 2.05) is 18.5 Å². The second-order valence-corrected chi connectivity index (χ2v) is 5.85. The third-order valence-electron chi connectivity index (χ3n) is 3.50. The summed E-state index contributed by atoms with van der Waals surface area (Å²) in [5, 5.41) is 7.87. The molecule has 2 aromatic rings. The molecule has 2 aromatic heterocycles. The SMILES string of the molecule is COCc1nc2n(n1)CC(Nc1cncc(OC(C)C)n1)CC2. The highest BCUT2D eigenvalue weighted by Crippen LogP contribution is 2.18. The fourth-order valence-electron chi connectivity index (χ4n) is 2.59. The molecule has 1 atom stereocenters. The van der Waals surface area contributed by atoms with Gasteiger partial charge in [0.1, 0.15) is 18.2 Å². The third-order valence-corrected chi connectivity index (χ3v) is 3.50. The first-order valence-electron chi connectivity index (χ1n) is 7.81. The largest absolute Gasteiger partial charge is 0.474 e. The van der Waals surface area contributed by atoms with E-state index in [4.69, 9.17) is 9.47 Å². The predicted octanol–water partition coefficient (Wildman–Crippen LogP) is 1.43. The Morgan fingerprint density at radius 3 is 3.00 bits per heavy atom. The van der Waals surface area contributed by atoms with Gasteiger partial charge in [-0.05, 0) is 20.3 Å². The number of aryl methyl sites for hydroxylation is 1. The van der Waals surface area contributed by atoms with Crippen molar-refractivity contribution in [3.63, 3.8) is 0 Å². The first kappa shape index (κ1) is 15.7. The number of ether oxygens (including phenoxy) is 2. The smallest absolute Gasteiger partial charge is 0.234 e. The zero-order valence-electron chi connectivity index (χ0n) is 13.7. The van der Waals surface area contributed by atoms with E-state index in [2.05, 4.69) is 25.4 Å². The Bertz CT molecular complexity index is 657. The number of hydrogen-bond donors (Lipinski definition) is 1. The number of anilines is 1. The molecule has 1 aliphatic heterocycles. The van der Waals surface area contributed by atoms with Gasteiger partial charge in [0.05, 0.1) is 25.0 Å². The molecule has 0 saturated heterocycles. The van der Waals surface area contributed by atoms with Crippen LogP contribution in [-0.2, 0) is 24.3 Å². The number of hydrogen-bond acceptors (Lipinski definition) is 7. The summed E-state index contributed by atoms with van der Waals surface area (Å²) in [6, 6.07) is 0.239. The van der Waals surface area contributed by atoms with Crippen LogP contribution in [0.2, 0.25) is 0 Å². The molecule has 0 fully saturated rings. The van der Waals surface area contributed by atoms with Gasteiger partial charge in [-0.25, -0.2) is 9.67 Å². The van der Waals surface area contributed by atoms with Crippen LogP contribution in [0.5, 0.6) is 5.88 Å². The molecule has 0 aromatic carbocycles. The maximum Gasteiger partial charge on any atom is 0.234 e. The maximum absolute atomic E-state index is 5.58. The second kappa shape index (κ2) is 6.91. The Hall–Kier alpha value is -2.22. The van der Waals surface area contributed by atoms with Crippen molar-refractivity contribution in [3.05, 3.63) is 24.0 Å². The van der Waals surface area contributed by atoms with Gasteiger partial charge in [0.15, 0.2) is 5.82 Å². The Morgan fingerprint density at radius 2 is 2.22 bits per heavy atom. The average molecular weight is 318 g/mol. The van der Waals surface area contributed by atoms with Crippen LogP contribution in [-0.4, -0.2) is 44.0 Å². The van der Waals surface area contributed by atoms with Crippen LogP contribution >= 0.6 is 0 Å². The fourth-order valence-corrected chi connectivity index (χ4v) is 2.59. The zero-order valence-corrected chi connectivity index (χ0v) is 13.7. The van der Waals surface area contributed by atoms with Crippen LogP contribution in [0.1, 0.15) is 31.9 Å². The minimum Gasteiger partial charge on any atom is -0.474 e. The van der Waals surface area contributed by atoms with Crippen molar-refractivity contribution in [2.75, 3.05) is 12.4 Å². The van der Waals surface area contributed by atoms with Crippen LogP contribution < -0.4 is 10.1 Å². The van der Waals surface area contributed by atoms with E-state index in [0.717, 1.165) is 31.0 Å². The zero-order chi connectivity index (χ0) is 16.2. The van der Waals surface area contributed by atoms with Crippen LogP contribution in [0.15, 0.2) is 12.4 Å². The van der Waals surface area contributed by atoms with E-state index in [1.54, 1.807) is 19.5 Å². The Labute approximate surface area is 135 Å². The lowest BCUT2D eigenvalue weighted by molar-refractivity contribution is 0.177. The second-order valence-electron chi connectivity index (χ2n) is 5.85. The van der Waals surface area contributed by atoms with Crippen molar-refractivity contribution < 1.29 is 9.47 Å². The summed E-state index contributed by atoms with van der Waals surface area (Å²) < 4.78 is 12.6. The van der Waals surface area contributed by atoms with E-state index in [0.29, 0.717) is 18.3 Å². The summed E-state index contributed by atoms with van der Waals surface area (Å²) >= 11 is 0. The topological polar surface area (TPSA) is 87.0 Å². The molecule has 8 heteroatoms. The van der Waals surface area contributed by atoms with Crippen LogP contribution in [0.3, 0.4) is 0 Å². The minimum absolute atomic E-state index is 0.0751. The highest BCUT2D eigenvalue weighted by Gasteiger charge is 2.22. The van der Waals surface area contributed by atoms with E-state index >= 15 is 0 Å². The number of methoxy groups -OCH3 is 1. The Balaban J connectivity index is 1.65. The molecule has 0 aliphatic carbocycles. The molecule has 23 heavy (non-hydrogen) atoms. The number of rotatable bonds is 6. The highest BCUT2D eigenvalue weighted by atomic mass is 16.5. The molecule has 0 spiro atoms. The van der Waals surface area contributed by atoms with Crippen LogP contribution in [0.25, 0.3) is 0 Å². The number of nitrogens with zero attached hydrogens (tertiary/aromatic N) is 5. The quantitative estimate of drug-likeness (QED) is 0.862. The molecular formula is C15H22N6O2. The van der Waals surface area contributed by atoms with Gasteiger partial charge in [0.2, 0.25) is 5.88 Å². The van der Waals surface area contributed by atoms with Gasteiger partial charge in [-0.3, -0.25) is 4.98 Å². The first-order valence-corrected chi connectivity index (χ1v) is 7.81. The maximum atomic E-state index is 5.58. The molecular weight excluding hydrogens is 296 g/mol. The lowest BCUT2D eigenvalue weighted by Crippen LogP contribution is -2.32. The molecule has 0 bridgehead atoms. The highest BCUT2D eigenvalue weighted by molar-refractivity contribution is 5.34. The van der Waals surface area contributed by atoms with Crippen molar-refractivity contribution in [3.8, 4) is 5.88 Å². The lowest BCUT2D eigenvalue weighted by Gasteiger charge is -2.24. The molecule has 3 rings (SSSR count). The van der Waals surface area contributed by atoms with Gasteiger partial charge in [0, 0.05) is 19.6 Å². The van der Waals surface area contributed by atoms with Crippen molar-refractivity contribution in [2.24, 2.45) is 0 Å². The Kier molecular flexibility index (Phi) is 4.71. The number of aromatic nitrogens is 5. The Morgan fingerprint density at radius 1 is 1.35 bits per heavy atom. The summed E-state index contributed by atoms with van der Waals surface area (Å²) in [4.78, 5) is 13.1. The van der Waals surface area contributed by atoms with E-state index in [9.17, 15) is 0 Å². The van der Waals surface area contributed by atoms with Crippen LogP contribution in [0, 0.1) is 0 Å². The van der Waals surface area contributed by atoms with Gasteiger partial charge in [0.25, 0.3) is 0 Å². The van der Waals surface area contributed by atoms with Crippen LogP contribution in [0.4, 0.5) is 5.82 Å². The van der Waals surface area contributed by atoms with Gasteiger partial charge in [-0.2, -0.15) is 10.1 Å². The molecule has 3 heterocycles. The lowest BCUT2D eigenvalue weighted by atomic mass is 10.1. The van der Waals surface area contributed by atoms with Crippen molar-refractivity contribution >= 4 is 5.82 Å². The summed E-state index contributed by atoms with van der Waals surface area (Å²) in [7, 11) is 1.65. The summed E-state index contributed by atoms with van der Waals surface area (Å²) in [5.74, 6) is 2.99. The summed E-state index contributed by atoms with van der Waals surface area (Å²) in [6.07, 6.45) is 5.26. The van der Waals surface area contributed by atoms with E-state index in [1.165, 1.54) is 0 Å². The number of fused-ring (bicyclic) bond motifs is 1. The monoisotopic (exact) mass is 318 g/mol. The van der Waals surface area contributed by atoms with Crippen molar-refractivity contribution in [1.82, 2.24) is 24.7 Å². The minimum atomic E-state index is 0.0751. The molecule has 0 amide bonds. The third kappa shape index (κ3) is 3.95. The fraction of sp³-hybridized carbons (Fsp3) is 0.600.